The Bertz CT molecular complexity index is 1200. The number of aromatic nitrogens is 3. The van der Waals surface area contributed by atoms with Crippen molar-refractivity contribution >= 4 is 28.2 Å². The molecule has 0 saturated carbocycles. The molecule has 160 valence electrons. The molecule has 0 spiro atoms. The maximum atomic E-state index is 12.3. The number of anilines is 2. The number of primary amides is 1. The highest BCUT2D eigenvalue weighted by atomic mass is 16.5. The maximum Gasteiger partial charge on any atom is 0.268 e. The normalized spacial score (nSPS) is 20.9. The first-order valence-electron chi connectivity index (χ1n) is 10.2. The number of aliphatic hydroxyl groups is 1. The highest BCUT2D eigenvalue weighted by molar-refractivity contribution is 6.00. The van der Waals surface area contributed by atoms with E-state index in [0.717, 1.165) is 33.5 Å². The molecule has 2 aliphatic rings. The number of hydrogen-bond donors (Lipinski definition) is 2. The van der Waals surface area contributed by atoms with Crippen LogP contribution in [0.1, 0.15) is 23.9 Å². The maximum absolute atomic E-state index is 12.3. The average Bonchev–Trinajstić information content (AvgIpc) is 3.43. The molecular formula is C22H24N6O3. The van der Waals surface area contributed by atoms with Crippen molar-refractivity contribution in [2.45, 2.75) is 25.7 Å². The third-order valence-corrected chi connectivity index (χ3v) is 5.74. The summed E-state index contributed by atoms with van der Waals surface area (Å²) in [7, 11) is 1.87. The van der Waals surface area contributed by atoms with Crippen LogP contribution >= 0.6 is 0 Å². The van der Waals surface area contributed by atoms with E-state index in [4.69, 9.17) is 10.5 Å². The van der Waals surface area contributed by atoms with Crippen LogP contribution in [0.5, 0.6) is 0 Å². The van der Waals surface area contributed by atoms with Gasteiger partial charge in [0.15, 0.2) is 0 Å². The number of aliphatic hydroxyl groups excluding tert-OH is 1. The molecular weight excluding hydrogens is 396 g/mol. The number of benzene rings is 1. The second-order valence-electron chi connectivity index (χ2n) is 8.05. The summed E-state index contributed by atoms with van der Waals surface area (Å²) in [5.74, 6) is -0.577. The van der Waals surface area contributed by atoms with E-state index in [1.54, 1.807) is 10.9 Å². The van der Waals surface area contributed by atoms with E-state index in [0.29, 0.717) is 19.5 Å². The van der Waals surface area contributed by atoms with Gasteiger partial charge in [0.25, 0.3) is 5.91 Å². The van der Waals surface area contributed by atoms with Gasteiger partial charge in [0.2, 0.25) is 6.23 Å². The fourth-order valence-electron chi connectivity index (χ4n) is 4.33. The molecule has 1 unspecified atom stereocenters. The monoisotopic (exact) mass is 420 g/mol. The van der Waals surface area contributed by atoms with Crippen LogP contribution in [0.2, 0.25) is 0 Å². The fraction of sp³-hybridized carbons (Fsp3) is 0.318. The number of rotatable bonds is 4. The third kappa shape index (κ3) is 3.36. The number of hydrogen-bond acceptors (Lipinski definition) is 7. The number of carbonyl (C=O) groups excluding carboxylic acids is 1. The number of β-amino-alcohol motifs (C(OH)–C–C–N with tert-alkyl or cyclic N) is 1. The molecule has 0 bridgehead atoms. The van der Waals surface area contributed by atoms with Crippen molar-refractivity contribution in [1.82, 2.24) is 14.8 Å². The zero-order chi connectivity index (χ0) is 21.7. The number of pyridine rings is 1. The number of carbonyl (C=O) groups is 1. The Hall–Kier alpha value is -3.59. The van der Waals surface area contributed by atoms with Gasteiger partial charge in [0.05, 0.1) is 23.0 Å². The number of ether oxygens (including phenoxy) is 1. The number of aryl methyl sites for hydroxylation is 2. The van der Waals surface area contributed by atoms with Gasteiger partial charge in [-0.05, 0) is 37.6 Å². The largest absolute Gasteiger partial charge is 0.471 e. The number of fused-ring (bicyclic) bond motifs is 1. The van der Waals surface area contributed by atoms with Crippen LogP contribution < -0.4 is 15.5 Å². The van der Waals surface area contributed by atoms with E-state index in [2.05, 4.69) is 15.0 Å². The van der Waals surface area contributed by atoms with Crippen LogP contribution in [0.4, 0.5) is 11.4 Å². The molecule has 0 radical (unpaired) electrons. The van der Waals surface area contributed by atoms with E-state index < -0.39 is 18.2 Å². The molecule has 31 heavy (non-hydrogen) atoms. The lowest BCUT2D eigenvalue weighted by Crippen LogP contribution is -2.33. The average molecular weight is 420 g/mol. The molecule has 5 rings (SSSR count). The molecule has 2 aliphatic heterocycles. The lowest BCUT2D eigenvalue weighted by atomic mass is 10.1. The Morgan fingerprint density at radius 1 is 1.29 bits per heavy atom. The minimum absolute atomic E-state index is 0.267. The van der Waals surface area contributed by atoms with Crippen molar-refractivity contribution in [2.75, 3.05) is 22.9 Å². The summed E-state index contributed by atoms with van der Waals surface area (Å²) in [6, 6.07) is 7.78. The number of amides is 1. The first-order valence-corrected chi connectivity index (χ1v) is 10.2. The molecule has 0 aliphatic carbocycles. The zero-order valence-electron chi connectivity index (χ0n) is 17.4. The van der Waals surface area contributed by atoms with Gasteiger partial charge < -0.3 is 20.5 Å². The summed E-state index contributed by atoms with van der Waals surface area (Å²) in [6.07, 6.45) is 4.78. The van der Waals surface area contributed by atoms with Crippen LogP contribution in [-0.2, 0) is 16.6 Å². The number of nitrogens with two attached hydrogens (primary N) is 1. The Balaban J connectivity index is 1.70. The van der Waals surface area contributed by atoms with Crippen LogP contribution in [0, 0.1) is 6.92 Å². The summed E-state index contributed by atoms with van der Waals surface area (Å²) >= 11 is 0. The molecule has 2 atom stereocenters. The molecule has 1 aromatic carbocycles. The van der Waals surface area contributed by atoms with E-state index >= 15 is 0 Å². The molecule has 3 aromatic rings. The van der Waals surface area contributed by atoms with Crippen LogP contribution in [0.3, 0.4) is 0 Å². The molecule has 9 nitrogen and oxygen atoms in total. The van der Waals surface area contributed by atoms with E-state index in [-0.39, 0.29) is 5.70 Å². The molecule has 1 saturated heterocycles. The molecule has 2 aromatic heterocycles. The minimum atomic E-state index is -0.577. The summed E-state index contributed by atoms with van der Waals surface area (Å²) in [6.45, 7) is 3.12. The Morgan fingerprint density at radius 2 is 2.13 bits per heavy atom. The van der Waals surface area contributed by atoms with Gasteiger partial charge in [-0.15, -0.1) is 0 Å². The minimum Gasteiger partial charge on any atom is -0.471 e. The smallest absolute Gasteiger partial charge is 0.268 e. The fourth-order valence-corrected chi connectivity index (χ4v) is 4.33. The van der Waals surface area contributed by atoms with Crippen molar-refractivity contribution in [3.05, 3.63) is 59.9 Å². The first kappa shape index (κ1) is 19.4. The van der Waals surface area contributed by atoms with Gasteiger partial charge in [-0.1, -0.05) is 0 Å². The van der Waals surface area contributed by atoms with Gasteiger partial charge in [0, 0.05) is 49.2 Å². The number of nitrogens with zero attached hydrogens (tertiary/aromatic N) is 5. The summed E-state index contributed by atoms with van der Waals surface area (Å²) in [4.78, 5) is 20.5. The van der Waals surface area contributed by atoms with Crippen molar-refractivity contribution in [1.29, 1.82) is 0 Å². The summed E-state index contributed by atoms with van der Waals surface area (Å²) in [5.41, 5.74) is 10.2. The Labute approximate surface area is 179 Å². The van der Waals surface area contributed by atoms with E-state index in [9.17, 15) is 9.90 Å². The first-order chi connectivity index (χ1) is 14.9. The summed E-state index contributed by atoms with van der Waals surface area (Å²) < 4.78 is 7.69. The van der Waals surface area contributed by atoms with Gasteiger partial charge >= 0.3 is 0 Å². The van der Waals surface area contributed by atoms with Gasteiger partial charge in [-0.2, -0.15) is 5.10 Å². The zero-order valence-corrected chi connectivity index (χ0v) is 17.4. The molecule has 3 N–H and O–H groups in total. The highest BCUT2D eigenvalue weighted by Gasteiger charge is 2.37. The van der Waals surface area contributed by atoms with Crippen LogP contribution in [0.15, 0.2) is 48.6 Å². The standard InChI is InChI=1S/C22H24N6O3/c1-13-7-14(3-5-24-13)22-28(20(12-31-22)21(23)30)19-8-15-10-26(2)25-17(15)9-18(19)27-6-4-16(29)11-27/h3,5,7-10,12,16,22,29H,4,6,11H2,1-2H3,(H2,23,30)/t16?,22-/m0/s1. The van der Waals surface area contributed by atoms with Gasteiger partial charge in [-0.25, -0.2) is 0 Å². The predicted molar refractivity (Wildman–Crippen MR) is 116 cm³/mol. The van der Waals surface area contributed by atoms with Gasteiger partial charge in [-0.3, -0.25) is 19.4 Å². The van der Waals surface area contributed by atoms with Crippen molar-refractivity contribution in [3.63, 3.8) is 0 Å². The second kappa shape index (κ2) is 7.28. The van der Waals surface area contributed by atoms with Gasteiger partial charge in [0.1, 0.15) is 12.0 Å². The second-order valence-corrected chi connectivity index (χ2v) is 8.05. The Kier molecular flexibility index (Phi) is 4.55. The van der Waals surface area contributed by atoms with E-state index in [1.165, 1.54) is 6.26 Å². The van der Waals surface area contributed by atoms with Crippen molar-refractivity contribution < 1.29 is 14.6 Å². The lowest BCUT2D eigenvalue weighted by molar-refractivity contribution is -0.114. The van der Waals surface area contributed by atoms with Crippen molar-refractivity contribution in [2.24, 2.45) is 12.8 Å². The molecule has 4 heterocycles. The van der Waals surface area contributed by atoms with E-state index in [1.807, 2.05) is 49.3 Å². The predicted octanol–water partition coefficient (Wildman–Crippen LogP) is 1.71. The Morgan fingerprint density at radius 3 is 2.84 bits per heavy atom. The van der Waals surface area contributed by atoms with Crippen LogP contribution in [0.25, 0.3) is 10.9 Å². The highest BCUT2D eigenvalue weighted by Crippen LogP contribution is 2.44. The SMILES string of the molecule is Cc1cc([C@@H]2OC=C(C(N)=O)N2c2cc3cn(C)nc3cc2N2CCC(O)C2)ccn1. The van der Waals surface area contributed by atoms with Crippen LogP contribution in [-0.4, -0.2) is 45.0 Å². The van der Waals surface area contributed by atoms with Crippen molar-refractivity contribution in [3.8, 4) is 0 Å². The summed E-state index contributed by atoms with van der Waals surface area (Å²) in [5, 5.41) is 15.6. The lowest BCUT2D eigenvalue weighted by Gasteiger charge is -2.31. The molecule has 1 amide bonds. The topological polar surface area (TPSA) is 110 Å². The third-order valence-electron chi connectivity index (χ3n) is 5.74. The molecule has 1 fully saturated rings. The molecule has 9 heteroatoms. The quantitative estimate of drug-likeness (QED) is 0.661.